The molecule has 0 saturated carbocycles. The van der Waals surface area contributed by atoms with Crippen molar-refractivity contribution in [2.45, 2.75) is 47.0 Å². The van der Waals surface area contributed by atoms with Gasteiger partial charge in [0.05, 0.1) is 12.2 Å². The van der Waals surface area contributed by atoms with E-state index in [2.05, 4.69) is 42.1 Å². The zero-order valence-electron chi connectivity index (χ0n) is 16.0. The lowest BCUT2D eigenvalue weighted by molar-refractivity contribution is 0.341. The van der Waals surface area contributed by atoms with Gasteiger partial charge in [-0.3, -0.25) is 0 Å². The van der Waals surface area contributed by atoms with Gasteiger partial charge in [-0.1, -0.05) is 30.7 Å². The third-order valence-corrected chi connectivity index (χ3v) is 4.26. The van der Waals surface area contributed by atoms with Crippen molar-refractivity contribution in [2.75, 3.05) is 6.61 Å². The minimum absolute atomic E-state index is 0.472. The fraction of sp³-hybridized carbons (Fsp3) is 0.450. The summed E-state index contributed by atoms with van der Waals surface area (Å²) in [5, 5.41) is 11.7. The van der Waals surface area contributed by atoms with Gasteiger partial charge in [0.1, 0.15) is 5.75 Å². The quantitative estimate of drug-likeness (QED) is 0.353. The van der Waals surface area contributed by atoms with Crippen LogP contribution >= 0.6 is 12.2 Å². The Kier molecular flexibility index (Phi) is 7.78. The van der Waals surface area contributed by atoms with E-state index in [0.717, 1.165) is 30.6 Å². The minimum Gasteiger partial charge on any atom is -0.493 e. The van der Waals surface area contributed by atoms with Crippen LogP contribution in [0.4, 0.5) is 0 Å². The van der Waals surface area contributed by atoms with E-state index in [1.165, 1.54) is 5.57 Å². The third-order valence-electron chi connectivity index (χ3n) is 4.00. The highest BCUT2D eigenvalue weighted by Gasteiger charge is 2.13. The van der Waals surface area contributed by atoms with Gasteiger partial charge in [-0.05, 0) is 70.3 Å². The van der Waals surface area contributed by atoms with E-state index in [1.807, 2.05) is 37.4 Å². The smallest absolute Gasteiger partial charge is 0.216 e. The van der Waals surface area contributed by atoms with Crippen LogP contribution in [0.1, 0.15) is 47.0 Å². The fourth-order valence-corrected chi connectivity index (χ4v) is 2.77. The van der Waals surface area contributed by atoms with E-state index in [1.54, 1.807) is 4.68 Å². The van der Waals surface area contributed by atoms with E-state index in [9.17, 15) is 0 Å². The van der Waals surface area contributed by atoms with Crippen LogP contribution in [-0.4, -0.2) is 27.7 Å². The first-order chi connectivity index (χ1) is 12.5. The molecule has 6 heteroatoms. The number of allylic oxidation sites excluding steroid dienone is 2. The van der Waals surface area contributed by atoms with Gasteiger partial charge in [-0.15, -0.1) is 0 Å². The molecule has 2 aromatic rings. The molecule has 26 heavy (non-hydrogen) atoms. The summed E-state index contributed by atoms with van der Waals surface area (Å²) in [6.45, 7) is 9.06. The molecule has 0 aliphatic heterocycles. The van der Waals surface area contributed by atoms with Gasteiger partial charge in [-0.2, -0.15) is 14.9 Å². The maximum Gasteiger partial charge on any atom is 0.216 e. The van der Waals surface area contributed by atoms with Crippen LogP contribution in [0.3, 0.4) is 0 Å². The molecule has 0 fully saturated rings. The van der Waals surface area contributed by atoms with E-state index in [4.69, 9.17) is 17.0 Å². The number of benzene rings is 1. The van der Waals surface area contributed by atoms with Crippen LogP contribution in [-0.2, 0) is 0 Å². The molecule has 0 amide bonds. The zero-order valence-corrected chi connectivity index (χ0v) is 16.8. The Balaban J connectivity index is 2.13. The van der Waals surface area contributed by atoms with Crippen molar-refractivity contribution < 1.29 is 4.74 Å². The predicted molar refractivity (Wildman–Crippen MR) is 110 cm³/mol. The summed E-state index contributed by atoms with van der Waals surface area (Å²) in [5.74, 6) is 2.00. The number of aromatic nitrogens is 3. The Labute approximate surface area is 160 Å². The Bertz CT molecular complexity index is 815. The van der Waals surface area contributed by atoms with Crippen LogP contribution in [0.2, 0.25) is 0 Å². The number of nitrogens with zero attached hydrogens (tertiary/aromatic N) is 3. The molecule has 0 aliphatic carbocycles. The first-order valence-electron chi connectivity index (χ1n) is 9.08. The lowest BCUT2D eigenvalue weighted by Crippen LogP contribution is -2.00. The van der Waals surface area contributed by atoms with E-state index >= 15 is 0 Å². The summed E-state index contributed by atoms with van der Waals surface area (Å²) in [6, 6.07) is 7.78. The summed E-state index contributed by atoms with van der Waals surface area (Å²) in [6.07, 6.45) is 7.35. The van der Waals surface area contributed by atoms with Crippen LogP contribution in [0.25, 0.3) is 11.4 Å². The first kappa shape index (κ1) is 20.1. The van der Waals surface area contributed by atoms with Crippen molar-refractivity contribution >= 4 is 18.4 Å². The summed E-state index contributed by atoms with van der Waals surface area (Å²) in [5.41, 5.74) is 2.24. The number of para-hydroxylation sites is 1. The van der Waals surface area contributed by atoms with Gasteiger partial charge in [0, 0.05) is 6.21 Å². The minimum atomic E-state index is 0.472. The maximum absolute atomic E-state index is 5.70. The molecular weight excluding hydrogens is 344 g/mol. The number of hydrogen-bond acceptors (Lipinski definition) is 4. The topological polar surface area (TPSA) is 55.2 Å². The molecule has 1 atom stereocenters. The Morgan fingerprint density at radius 2 is 2.15 bits per heavy atom. The van der Waals surface area contributed by atoms with Crippen molar-refractivity contribution in [3.8, 4) is 17.1 Å². The lowest BCUT2D eigenvalue weighted by atomic mass is 10.0. The summed E-state index contributed by atoms with van der Waals surface area (Å²) < 4.78 is 7.84. The van der Waals surface area contributed by atoms with Gasteiger partial charge in [-0.25, -0.2) is 5.10 Å². The van der Waals surface area contributed by atoms with Gasteiger partial charge >= 0.3 is 0 Å². The number of hydrogen-bond donors (Lipinski definition) is 1. The van der Waals surface area contributed by atoms with Crippen LogP contribution in [0.5, 0.6) is 5.75 Å². The number of rotatable bonds is 9. The molecule has 2 rings (SSSR count). The molecular formula is C20H28N4OS. The van der Waals surface area contributed by atoms with E-state index < -0.39 is 0 Å². The van der Waals surface area contributed by atoms with Crippen molar-refractivity contribution in [1.29, 1.82) is 0 Å². The molecule has 0 bridgehead atoms. The van der Waals surface area contributed by atoms with Crippen LogP contribution in [0, 0.1) is 10.7 Å². The first-order valence-corrected chi connectivity index (χ1v) is 9.49. The number of ether oxygens (including phenoxy) is 1. The van der Waals surface area contributed by atoms with Crippen LogP contribution < -0.4 is 4.74 Å². The summed E-state index contributed by atoms with van der Waals surface area (Å²) >= 11 is 5.34. The maximum atomic E-state index is 5.70. The van der Waals surface area contributed by atoms with E-state index in [0.29, 0.717) is 23.1 Å². The average molecular weight is 373 g/mol. The monoisotopic (exact) mass is 372 g/mol. The summed E-state index contributed by atoms with van der Waals surface area (Å²) in [4.78, 5) is 0. The molecule has 0 radical (unpaired) electrons. The molecule has 1 aromatic carbocycles. The van der Waals surface area contributed by atoms with Gasteiger partial charge in [0.2, 0.25) is 4.77 Å². The van der Waals surface area contributed by atoms with Crippen molar-refractivity contribution in [3.05, 3.63) is 40.7 Å². The van der Waals surface area contributed by atoms with E-state index in [-0.39, 0.29) is 0 Å². The van der Waals surface area contributed by atoms with Crippen molar-refractivity contribution in [3.63, 3.8) is 0 Å². The Morgan fingerprint density at radius 1 is 1.38 bits per heavy atom. The van der Waals surface area contributed by atoms with Gasteiger partial charge in [0.15, 0.2) is 5.82 Å². The highest BCUT2D eigenvalue weighted by atomic mass is 32.1. The highest BCUT2D eigenvalue weighted by molar-refractivity contribution is 7.71. The molecule has 0 saturated heterocycles. The second-order valence-corrected chi connectivity index (χ2v) is 6.98. The molecule has 5 nitrogen and oxygen atoms in total. The highest BCUT2D eigenvalue weighted by Crippen LogP contribution is 2.28. The molecule has 1 heterocycles. The second-order valence-electron chi connectivity index (χ2n) is 6.59. The summed E-state index contributed by atoms with van der Waals surface area (Å²) in [7, 11) is 0. The van der Waals surface area contributed by atoms with Gasteiger partial charge in [0.25, 0.3) is 0 Å². The molecule has 0 spiro atoms. The number of aromatic amines is 1. The standard InChI is InChI=1S/C20H28N4OS/c1-5-25-18-12-7-6-11-17(18)19-22-23-20(26)24(19)21-14-13-16(4)10-8-9-15(2)3/h6-7,9,11-12,14,16H,5,8,10,13H2,1-4H3,(H,23,26)/b21-14-/t16-/m0/s1. The van der Waals surface area contributed by atoms with Crippen molar-refractivity contribution in [2.24, 2.45) is 11.0 Å². The Hall–Kier alpha value is -2.21. The largest absolute Gasteiger partial charge is 0.493 e. The molecule has 1 N–H and O–H groups in total. The van der Waals surface area contributed by atoms with Gasteiger partial charge < -0.3 is 4.74 Å². The average Bonchev–Trinajstić information content (AvgIpc) is 2.96. The SMILES string of the molecule is CCOc1ccccc1-c1n[nH]c(=S)n1/N=C\C[C@@H](C)CCC=C(C)C. The number of nitrogens with one attached hydrogen (secondary N) is 1. The fourth-order valence-electron chi connectivity index (χ4n) is 2.59. The Morgan fingerprint density at radius 3 is 2.88 bits per heavy atom. The molecule has 0 aliphatic rings. The van der Waals surface area contributed by atoms with Crippen LogP contribution in [0.15, 0.2) is 41.0 Å². The molecule has 0 unspecified atom stereocenters. The predicted octanol–water partition coefficient (Wildman–Crippen LogP) is 5.61. The normalized spacial score (nSPS) is 12.3. The third kappa shape index (κ3) is 5.66. The second kappa shape index (κ2) is 10.1. The van der Waals surface area contributed by atoms with Crippen molar-refractivity contribution in [1.82, 2.24) is 14.9 Å². The number of H-pyrrole nitrogens is 1. The molecule has 140 valence electrons. The zero-order chi connectivity index (χ0) is 18.9. The molecule has 1 aromatic heterocycles. The lowest BCUT2D eigenvalue weighted by Gasteiger charge is -2.09.